The lowest BCUT2D eigenvalue weighted by Crippen LogP contribution is -2.29. The largest absolute Gasteiger partial charge is 0.493 e. The second kappa shape index (κ2) is 13.1. The Labute approximate surface area is 214 Å². The van der Waals surface area contributed by atoms with Gasteiger partial charge in [0.25, 0.3) is 0 Å². The van der Waals surface area contributed by atoms with E-state index in [-0.39, 0.29) is 5.97 Å². The number of esters is 1. The summed E-state index contributed by atoms with van der Waals surface area (Å²) in [5, 5.41) is 0. The first kappa shape index (κ1) is 25.7. The van der Waals surface area contributed by atoms with Crippen LogP contribution in [0.25, 0.3) is 5.57 Å². The molecule has 0 aromatic heterocycles. The summed E-state index contributed by atoms with van der Waals surface area (Å²) in [5.74, 6) is 0.516. The fourth-order valence-electron chi connectivity index (χ4n) is 4.66. The minimum Gasteiger partial charge on any atom is -0.493 e. The molecule has 0 spiro atoms. The number of fused-ring (bicyclic) bond motifs is 2. The number of benzene rings is 3. The Hall–Kier alpha value is -3.37. The van der Waals surface area contributed by atoms with E-state index in [0.29, 0.717) is 26.2 Å². The van der Waals surface area contributed by atoms with Crippen molar-refractivity contribution in [2.45, 2.75) is 52.1 Å². The quantitative estimate of drug-likeness (QED) is 0.228. The molecule has 188 valence electrons. The highest BCUT2D eigenvalue weighted by Gasteiger charge is 2.21. The number of aryl methyl sites for hydroxylation is 2. The summed E-state index contributed by atoms with van der Waals surface area (Å²) in [6.45, 7) is 5.32. The molecule has 0 radical (unpaired) electrons. The van der Waals surface area contributed by atoms with Gasteiger partial charge in [-0.05, 0) is 71.7 Å². The fraction of sp³-hybridized carbons (Fsp3) is 0.344. The molecule has 0 heterocycles. The topological polar surface area (TPSA) is 44.8 Å². The lowest BCUT2D eigenvalue weighted by Gasteiger charge is -2.16. The molecule has 1 aliphatic carbocycles. The molecule has 0 bridgehead atoms. The minimum atomic E-state index is -0.575. The van der Waals surface area contributed by atoms with Gasteiger partial charge in [0.05, 0.1) is 13.2 Å². The van der Waals surface area contributed by atoms with Crippen molar-refractivity contribution < 1.29 is 19.0 Å². The molecule has 3 aromatic carbocycles. The summed E-state index contributed by atoms with van der Waals surface area (Å²) < 4.78 is 16.9. The van der Waals surface area contributed by atoms with Crippen molar-refractivity contribution in [3.8, 4) is 5.75 Å². The summed E-state index contributed by atoms with van der Waals surface area (Å²) in [6, 6.07) is 25.4. The maximum Gasteiger partial charge on any atom is 0.335 e. The smallest absolute Gasteiger partial charge is 0.335 e. The van der Waals surface area contributed by atoms with Gasteiger partial charge in [-0.25, -0.2) is 4.79 Å². The lowest BCUT2D eigenvalue weighted by atomic mass is 9.93. The Morgan fingerprint density at radius 3 is 2.11 bits per heavy atom. The van der Waals surface area contributed by atoms with E-state index in [1.54, 1.807) is 0 Å². The standard InChI is InChI=1S/C32H36O4/c1-3-21-36-31(32(33)34-4-2)23-24-15-19-27(20-16-24)35-22-9-14-30-28-12-7-5-10-25(28)17-18-26-11-6-8-13-29(26)30/h5-8,10-16,19-20,31H,3-4,9,17-18,21-23H2,1-2H3. The highest BCUT2D eigenvalue weighted by Crippen LogP contribution is 2.33. The Balaban J connectivity index is 1.38. The van der Waals surface area contributed by atoms with Gasteiger partial charge in [-0.2, -0.15) is 0 Å². The molecule has 4 nitrogen and oxygen atoms in total. The van der Waals surface area contributed by atoms with Crippen LogP contribution in [0.15, 0.2) is 78.9 Å². The minimum absolute atomic E-state index is 0.305. The van der Waals surface area contributed by atoms with Gasteiger partial charge in [-0.15, -0.1) is 0 Å². The third kappa shape index (κ3) is 6.64. The summed E-state index contributed by atoms with van der Waals surface area (Å²) in [7, 11) is 0. The van der Waals surface area contributed by atoms with E-state index >= 15 is 0 Å². The van der Waals surface area contributed by atoms with Crippen LogP contribution in [0.5, 0.6) is 5.75 Å². The highest BCUT2D eigenvalue weighted by molar-refractivity contribution is 5.83. The van der Waals surface area contributed by atoms with Crippen LogP contribution in [0.3, 0.4) is 0 Å². The van der Waals surface area contributed by atoms with Crippen LogP contribution in [0, 0.1) is 0 Å². The average molecular weight is 485 g/mol. The molecule has 1 atom stereocenters. The molecule has 0 N–H and O–H groups in total. The van der Waals surface area contributed by atoms with E-state index in [2.05, 4.69) is 54.6 Å². The van der Waals surface area contributed by atoms with Crippen LogP contribution in [0.2, 0.25) is 0 Å². The molecule has 0 fully saturated rings. The predicted molar refractivity (Wildman–Crippen MR) is 144 cm³/mol. The van der Waals surface area contributed by atoms with Crippen LogP contribution >= 0.6 is 0 Å². The first-order chi connectivity index (χ1) is 17.7. The number of rotatable bonds is 11. The number of carbonyl (C=O) groups is 1. The lowest BCUT2D eigenvalue weighted by molar-refractivity contribution is -0.156. The zero-order valence-electron chi connectivity index (χ0n) is 21.4. The summed E-state index contributed by atoms with van der Waals surface area (Å²) in [4.78, 5) is 12.2. The van der Waals surface area contributed by atoms with Crippen LogP contribution in [-0.4, -0.2) is 31.9 Å². The molecule has 1 unspecified atom stereocenters. The monoisotopic (exact) mass is 484 g/mol. The molecule has 4 heteroatoms. The number of ether oxygens (including phenoxy) is 3. The van der Waals surface area contributed by atoms with E-state index in [1.807, 2.05) is 38.1 Å². The van der Waals surface area contributed by atoms with E-state index in [1.165, 1.54) is 27.8 Å². The van der Waals surface area contributed by atoms with Gasteiger partial charge in [-0.3, -0.25) is 0 Å². The van der Waals surface area contributed by atoms with E-state index in [9.17, 15) is 4.79 Å². The molecule has 1 aliphatic rings. The van der Waals surface area contributed by atoms with Crippen molar-refractivity contribution in [3.05, 3.63) is 107 Å². The molecular formula is C32H36O4. The maximum absolute atomic E-state index is 12.2. The van der Waals surface area contributed by atoms with Gasteiger partial charge >= 0.3 is 5.97 Å². The SMILES string of the molecule is CCCOC(Cc1ccc(OCCC=C2c3ccccc3CCc3ccccc32)cc1)C(=O)OCC. The Morgan fingerprint density at radius 2 is 1.50 bits per heavy atom. The van der Waals surface area contributed by atoms with Gasteiger partial charge in [0, 0.05) is 19.4 Å². The first-order valence-corrected chi connectivity index (χ1v) is 13.1. The van der Waals surface area contributed by atoms with Crippen molar-refractivity contribution in [2.24, 2.45) is 0 Å². The normalized spacial score (nSPS) is 13.2. The second-order valence-corrected chi connectivity index (χ2v) is 9.03. The van der Waals surface area contributed by atoms with Crippen molar-refractivity contribution >= 4 is 11.5 Å². The molecule has 36 heavy (non-hydrogen) atoms. The molecular weight excluding hydrogens is 448 g/mol. The van der Waals surface area contributed by atoms with Crippen LogP contribution in [0.1, 0.15) is 54.5 Å². The number of hydrogen-bond acceptors (Lipinski definition) is 4. The van der Waals surface area contributed by atoms with Crippen molar-refractivity contribution in [2.75, 3.05) is 19.8 Å². The van der Waals surface area contributed by atoms with Crippen molar-refractivity contribution in [1.29, 1.82) is 0 Å². The Kier molecular flexibility index (Phi) is 9.34. The maximum atomic E-state index is 12.2. The number of hydrogen-bond donors (Lipinski definition) is 0. The molecule has 4 rings (SSSR count). The fourth-order valence-corrected chi connectivity index (χ4v) is 4.66. The van der Waals surface area contributed by atoms with Crippen LogP contribution < -0.4 is 4.74 Å². The van der Waals surface area contributed by atoms with E-state index < -0.39 is 6.10 Å². The summed E-state index contributed by atoms with van der Waals surface area (Å²) in [5.41, 5.74) is 7.78. The van der Waals surface area contributed by atoms with E-state index in [0.717, 1.165) is 37.0 Å². The third-order valence-electron chi connectivity index (χ3n) is 6.43. The molecule has 3 aromatic rings. The van der Waals surface area contributed by atoms with Gasteiger partial charge in [-0.1, -0.05) is 73.7 Å². The van der Waals surface area contributed by atoms with Gasteiger partial charge in [0.1, 0.15) is 5.75 Å². The Bertz CT molecular complexity index is 1110. The average Bonchev–Trinajstić information content (AvgIpc) is 3.07. The molecule has 0 saturated carbocycles. The van der Waals surface area contributed by atoms with E-state index in [4.69, 9.17) is 14.2 Å². The number of carbonyl (C=O) groups excluding carboxylic acids is 1. The van der Waals surface area contributed by atoms with Gasteiger partial charge in [0.2, 0.25) is 0 Å². The first-order valence-electron chi connectivity index (χ1n) is 13.1. The molecule has 0 amide bonds. The van der Waals surface area contributed by atoms with Crippen molar-refractivity contribution in [3.63, 3.8) is 0 Å². The highest BCUT2D eigenvalue weighted by atomic mass is 16.6. The zero-order chi connectivity index (χ0) is 25.2. The summed E-state index contributed by atoms with van der Waals surface area (Å²) in [6.07, 6.45) is 6.03. The van der Waals surface area contributed by atoms with Crippen molar-refractivity contribution in [1.82, 2.24) is 0 Å². The van der Waals surface area contributed by atoms with Gasteiger partial charge in [0.15, 0.2) is 6.10 Å². The predicted octanol–water partition coefficient (Wildman–Crippen LogP) is 6.59. The zero-order valence-corrected chi connectivity index (χ0v) is 21.4. The Morgan fingerprint density at radius 1 is 0.861 bits per heavy atom. The summed E-state index contributed by atoms with van der Waals surface area (Å²) >= 11 is 0. The van der Waals surface area contributed by atoms with Gasteiger partial charge < -0.3 is 14.2 Å². The second-order valence-electron chi connectivity index (χ2n) is 9.03. The molecule has 0 aliphatic heterocycles. The van der Waals surface area contributed by atoms with Crippen LogP contribution in [0.4, 0.5) is 0 Å². The third-order valence-corrected chi connectivity index (χ3v) is 6.43. The van der Waals surface area contributed by atoms with Crippen LogP contribution in [-0.2, 0) is 33.5 Å². The molecule has 0 saturated heterocycles.